The molecule has 3 rings (SSSR count). The fourth-order valence-corrected chi connectivity index (χ4v) is 3.78. The predicted octanol–water partition coefficient (Wildman–Crippen LogP) is 2.27. The summed E-state index contributed by atoms with van der Waals surface area (Å²) in [5.74, 6) is 1.07. The number of carbonyl (C=O) groups excluding carboxylic acids is 1. The minimum absolute atomic E-state index is 0.0110. The van der Waals surface area contributed by atoms with Gasteiger partial charge < -0.3 is 25.4 Å². The van der Waals surface area contributed by atoms with Crippen LogP contribution < -0.4 is 10.5 Å². The van der Waals surface area contributed by atoms with Crippen molar-refractivity contribution in [1.29, 1.82) is 5.26 Å². The van der Waals surface area contributed by atoms with Crippen LogP contribution in [0.4, 0.5) is 5.82 Å². The maximum atomic E-state index is 12.0. The molecule has 0 saturated heterocycles. The van der Waals surface area contributed by atoms with Gasteiger partial charge in [-0.25, -0.2) is 4.98 Å². The van der Waals surface area contributed by atoms with Crippen LogP contribution in [0.1, 0.15) is 36.2 Å². The van der Waals surface area contributed by atoms with E-state index in [9.17, 15) is 10.1 Å². The molecule has 9 heteroatoms. The summed E-state index contributed by atoms with van der Waals surface area (Å²) in [7, 11) is 4.00. The van der Waals surface area contributed by atoms with Crippen molar-refractivity contribution in [2.24, 2.45) is 0 Å². The Labute approximate surface area is 188 Å². The van der Waals surface area contributed by atoms with Gasteiger partial charge in [-0.15, -0.1) is 0 Å². The van der Waals surface area contributed by atoms with Crippen molar-refractivity contribution in [2.45, 2.75) is 33.4 Å². The van der Waals surface area contributed by atoms with Gasteiger partial charge in [-0.1, -0.05) is 6.07 Å². The Morgan fingerprint density at radius 3 is 2.69 bits per heavy atom. The topological polar surface area (TPSA) is 133 Å². The molecule has 9 nitrogen and oxygen atoms in total. The van der Waals surface area contributed by atoms with Crippen LogP contribution in [0.5, 0.6) is 5.75 Å². The fourth-order valence-electron chi connectivity index (χ4n) is 3.78. The Morgan fingerprint density at radius 2 is 2.12 bits per heavy atom. The van der Waals surface area contributed by atoms with Crippen molar-refractivity contribution in [3.63, 3.8) is 0 Å². The SMILES string of the molecule is CCOc1ccc(-c2c(C#N)c(N)nc3c2CN(C(C)=O)CC3)cc1CN(C)C.O=CO. The highest BCUT2D eigenvalue weighted by molar-refractivity contribution is 5.81. The third-order valence-electron chi connectivity index (χ3n) is 5.07. The van der Waals surface area contributed by atoms with Gasteiger partial charge in [0.15, 0.2) is 0 Å². The summed E-state index contributed by atoms with van der Waals surface area (Å²) in [5.41, 5.74) is 10.9. The monoisotopic (exact) mass is 439 g/mol. The molecule has 0 radical (unpaired) electrons. The Kier molecular flexibility index (Phi) is 8.55. The zero-order chi connectivity index (χ0) is 23.8. The van der Waals surface area contributed by atoms with Crippen molar-refractivity contribution >= 4 is 18.2 Å². The fraction of sp³-hybridized carbons (Fsp3) is 0.391. The number of rotatable bonds is 5. The largest absolute Gasteiger partial charge is 0.494 e. The minimum Gasteiger partial charge on any atom is -0.494 e. The van der Waals surface area contributed by atoms with E-state index in [1.165, 1.54) is 0 Å². The number of anilines is 1. The number of nitriles is 1. The molecule has 1 aromatic heterocycles. The van der Waals surface area contributed by atoms with Gasteiger partial charge in [-0.05, 0) is 38.7 Å². The minimum atomic E-state index is -0.250. The Balaban J connectivity index is 0.00000114. The lowest BCUT2D eigenvalue weighted by molar-refractivity contribution is -0.129. The van der Waals surface area contributed by atoms with Crippen LogP contribution >= 0.6 is 0 Å². The van der Waals surface area contributed by atoms with Gasteiger partial charge in [0.05, 0.1) is 12.3 Å². The number of pyridine rings is 1. The van der Waals surface area contributed by atoms with Crippen LogP contribution in [-0.2, 0) is 29.1 Å². The van der Waals surface area contributed by atoms with E-state index in [-0.39, 0.29) is 18.2 Å². The predicted molar refractivity (Wildman–Crippen MR) is 121 cm³/mol. The lowest BCUT2D eigenvalue weighted by Gasteiger charge is -2.30. The third kappa shape index (κ3) is 5.53. The molecule has 0 unspecified atom stereocenters. The molecule has 1 aromatic carbocycles. The van der Waals surface area contributed by atoms with Gasteiger partial charge in [-0.3, -0.25) is 9.59 Å². The molecule has 1 aliphatic rings. The highest BCUT2D eigenvalue weighted by atomic mass is 16.5. The number of carbonyl (C=O) groups is 2. The first-order valence-corrected chi connectivity index (χ1v) is 10.2. The van der Waals surface area contributed by atoms with Crippen LogP contribution in [-0.4, -0.2) is 59.5 Å². The molecule has 0 fully saturated rings. The normalized spacial score (nSPS) is 12.3. The zero-order valence-electron chi connectivity index (χ0n) is 18.9. The maximum Gasteiger partial charge on any atom is 0.290 e. The number of nitrogens with two attached hydrogens (primary N) is 1. The Hall–Kier alpha value is -3.64. The smallest absolute Gasteiger partial charge is 0.290 e. The number of benzene rings is 1. The number of ether oxygens (including phenoxy) is 1. The molecule has 1 amide bonds. The summed E-state index contributed by atoms with van der Waals surface area (Å²) in [6.45, 7) is 5.58. The Bertz CT molecular complexity index is 1030. The van der Waals surface area contributed by atoms with Crippen LogP contribution in [0.2, 0.25) is 0 Å². The van der Waals surface area contributed by atoms with Gasteiger partial charge in [0.25, 0.3) is 6.47 Å². The van der Waals surface area contributed by atoms with Gasteiger partial charge in [0.2, 0.25) is 5.91 Å². The molecule has 0 bridgehead atoms. The van der Waals surface area contributed by atoms with Crippen LogP contribution in [0.3, 0.4) is 0 Å². The molecule has 1 aliphatic heterocycles. The number of fused-ring (bicyclic) bond motifs is 1. The first-order valence-electron chi connectivity index (χ1n) is 10.2. The highest BCUT2D eigenvalue weighted by Crippen LogP contribution is 2.37. The lowest BCUT2D eigenvalue weighted by atomic mass is 9.90. The van der Waals surface area contributed by atoms with Gasteiger partial charge in [0, 0.05) is 49.7 Å². The number of hydrogen-bond acceptors (Lipinski definition) is 7. The maximum absolute atomic E-state index is 12.0. The molecule has 32 heavy (non-hydrogen) atoms. The first kappa shape index (κ1) is 24.6. The van der Waals surface area contributed by atoms with E-state index in [2.05, 4.69) is 16.0 Å². The second kappa shape index (κ2) is 11.1. The van der Waals surface area contributed by atoms with Gasteiger partial charge >= 0.3 is 0 Å². The van der Waals surface area contributed by atoms with Crippen molar-refractivity contribution in [2.75, 3.05) is 33.0 Å². The molecule has 0 spiro atoms. The van der Waals surface area contributed by atoms with Gasteiger partial charge in [-0.2, -0.15) is 5.26 Å². The number of aromatic nitrogens is 1. The summed E-state index contributed by atoms with van der Waals surface area (Å²) in [4.78, 5) is 28.6. The summed E-state index contributed by atoms with van der Waals surface area (Å²) >= 11 is 0. The van der Waals surface area contributed by atoms with Crippen molar-refractivity contribution in [3.05, 3.63) is 40.6 Å². The molecule has 2 aromatic rings. The van der Waals surface area contributed by atoms with Crippen LogP contribution in [0.15, 0.2) is 18.2 Å². The van der Waals surface area contributed by atoms with E-state index >= 15 is 0 Å². The van der Waals surface area contributed by atoms with E-state index < -0.39 is 0 Å². The molecule has 0 saturated carbocycles. The van der Waals surface area contributed by atoms with Crippen molar-refractivity contribution in [1.82, 2.24) is 14.8 Å². The number of nitrogen functional groups attached to an aromatic ring is 1. The molecule has 0 aliphatic carbocycles. The number of carboxylic acid groups (broad SMARTS) is 1. The lowest BCUT2D eigenvalue weighted by Crippen LogP contribution is -2.35. The van der Waals surface area contributed by atoms with E-state index in [1.807, 2.05) is 39.2 Å². The summed E-state index contributed by atoms with van der Waals surface area (Å²) in [6, 6.07) is 8.16. The third-order valence-corrected chi connectivity index (χ3v) is 5.07. The second-order valence-corrected chi connectivity index (χ2v) is 7.57. The summed E-state index contributed by atoms with van der Waals surface area (Å²) < 4.78 is 5.79. The molecule has 170 valence electrons. The van der Waals surface area contributed by atoms with E-state index in [1.54, 1.807) is 11.8 Å². The van der Waals surface area contributed by atoms with Gasteiger partial charge in [0.1, 0.15) is 23.2 Å². The highest BCUT2D eigenvalue weighted by Gasteiger charge is 2.26. The van der Waals surface area contributed by atoms with Crippen LogP contribution in [0, 0.1) is 11.3 Å². The first-order chi connectivity index (χ1) is 15.3. The number of amides is 1. The molecule has 2 heterocycles. The zero-order valence-corrected chi connectivity index (χ0v) is 18.9. The molecular weight excluding hydrogens is 410 g/mol. The number of hydrogen-bond donors (Lipinski definition) is 2. The molecular formula is C23H29N5O4. The summed E-state index contributed by atoms with van der Waals surface area (Å²) in [6.07, 6.45) is 0.624. The molecule has 0 atom stereocenters. The quantitative estimate of drug-likeness (QED) is 0.678. The second-order valence-electron chi connectivity index (χ2n) is 7.57. The van der Waals surface area contributed by atoms with Crippen molar-refractivity contribution in [3.8, 4) is 22.9 Å². The average Bonchev–Trinajstić information content (AvgIpc) is 2.74. The van der Waals surface area contributed by atoms with E-state index in [4.69, 9.17) is 20.4 Å². The van der Waals surface area contributed by atoms with Crippen molar-refractivity contribution < 1.29 is 19.4 Å². The standard InChI is InChI=1S/C22H27N5O2.CH2O2/c1-5-29-20-7-6-15(10-16(20)12-26(3)4)21-17(11-23)22(24)25-19-8-9-27(14(2)28)13-18(19)21;2-1-3/h6-7,10H,5,8-9,12-13H2,1-4H3,(H2,24,25);1H,(H,2,3). The average molecular weight is 440 g/mol. The van der Waals surface area contributed by atoms with E-state index in [0.29, 0.717) is 38.2 Å². The summed E-state index contributed by atoms with van der Waals surface area (Å²) in [5, 5.41) is 16.7. The van der Waals surface area contributed by atoms with Crippen LogP contribution in [0.25, 0.3) is 11.1 Å². The Morgan fingerprint density at radius 1 is 1.44 bits per heavy atom. The molecule has 3 N–H and O–H groups in total. The van der Waals surface area contributed by atoms with E-state index in [0.717, 1.165) is 33.7 Å². The number of nitrogens with zero attached hydrogens (tertiary/aromatic N) is 4.